The van der Waals surface area contributed by atoms with Gasteiger partial charge < -0.3 is 15.4 Å². The van der Waals surface area contributed by atoms with Crippen LogP contribution in [0.5, 0.6) is 11.5 Å². The van der Waals surface area contributed by atoms with E-state index in [1.807, 2.05) is 54.6 Å². The van der Waals surface area contributed by atoms with Crippen LogP contribution in [-0.2, 0) is 4.79 Å². The lowest BCUT2D eigenvalue weighted by Gasteiger charge is -2.09. The summed E-state index contributed by atoms with van der Waals surface area (Å²) in [6, 6.07) is 21.6. The summed E-state index contributed by atoms with van der Waals surface area (Å²) in [4.78, 5) is 11.8. The molecule has 0 aliphatic heterocycles. The molecule has 128 valence electrons. The molecule has 0 fully saturated rings. The van der Waals surface area contributed by atoms with Crippen molar-refractivity contribution in [2.75, 3.05) is 18.4 Å². The first kappa shape index (κ1) is 17.0. The molecule has 0 radical (unpaired) electrons. The SMILES string of the molecule is CCCNCC(=O)Nc1ccc(Oc2ccc3ccccc3c2)cc1. The molecular formula is C21H22N2O2. The molecule has 0 spiro atoms. The Morgan fingerprint density at radius 3 is 2.40 bits per heavy atom. The third-order valence-corrected chi connectivity index (χ3v) is 3.81. The highest BCUT2D eigenvalue weighted by atomic mass is 16.5. The number of fused-ring (bicyclic) bond motifs is 1. The van der Waals surface area contributed by atoms with Crippen molar-refractivity contribution in [3.05, 3.63) is 66.7 Å². The van der Waals surface area contributed by atoms with Gasteiger partial charge in [0, 0.05) is 5.69 Å². The van der Waals surface area contributed by atoms with Gasteiger partial charge in [0.2, 0.25) is 5.91 Å². The molecule has 0 aliphatic rings. The number of carbonyl (C=O) groups is 1. The number of ether oxygens (including phenoxy) is 1. The van der Waals surface area contributed by atoms with Crippen LogP contribution in [0.2, 0.25) is 0 Å². The van der Waals surface area contributed by atoms with E-state index < -0.39 is 0 Å². The van der Waals surface area contributed by atoms with Gasteiger partial charge in [-0.05, 0) is 60.1 Å². The fraction of sp³-hybridized carbons (Fsp3) is 0.190. The smallest absolute Gasteiger partial charge is 0.238 e. The molecule has 0 unspecified atom stereocenters. The average Bonchev–Trinajstić information content (AvgIpc) is 2.63. The second-order valence-electron chi connectivity index (χ2n) is 5.86. The predicted molar refractivity (Wildman–Crippen MR) is 102 cm³/mol. The van der Waals surface area contributed by atoms with E-state index in [9.17, 15) is 4.79 Å². The highest BCUT2D eigenvalue weighted by Crippen LogP contribution is 2.26. The molecule has 25 heavy (non-hydrogen) atoms. The van der Waals surface area contributed by atoms with Crippen molar-refractivity contribution in [1.82, 2.24) is 5.32 Å². The van der Waals surface area contributed by atoms with E-state index in [-0.39, 0.29) is 5.91 Å². The number of rotatable bonds is 7. The second-order valence-corrected chi connectivity index (χ2v) is 5.86. The number of carbonyl (C=O) groups excluding carboxylic acids is 1. The average molecular weight is 334 g/mol. The minimum atomic E-state index is -0.0448. The zero-order valence-electron chi connectivity index (χ0n) is 14.3. The van der Waals surface area contributed by atoms with Crippen molar-refractivity contribution in [3.63, 3.8) is 0 Å². The van der Waals surface area contributed by atoms with Gasteiger partial charge >= 0.3 is 0 Å². The number of amides is 1. The molecule has 0 aromatic heterocycles. The lowest BCUT2D eigenvalue weighted by atomic mass is 10.1. The molecule has 1 amide bonds. The topological polar surface area (TPSA) is 50.4 Å². The van der Waals surface area contributed by atoms with Gasteiger partial charge in [-0.25, -0.2) is 0 Å². The van der Waals surface area contributed by atoms with E-state index in [0.717, 1.165) is 35.5 Å². The van der Waals surface area contributed by atoms with Crippen LogP contribution >= 0.6 is 0 Å². The minimum absolute atomic E-state index is 0.0448. The van der Waals surface area contributed by atoms with Gasteiger partial charge in [-0.3, -0.25) is 4.79 Å². The van der Waals surface area contributed by atoms with Crippen LogP contribution in [-0.4, -0.2) is 19.0 Å². The van der Waals surface area contributed by atoms with Crippen LogP contribution in [0.1, 0.15) is 13.3 Å². The molecular weight excluding hydrogens is 312 g/mol. The maximum absolute atomic E-state index is 11.8. The van der Waals surface area contributed by atoms with Gasteiger partial charge in [0.05, 0.1) is 6.54 Å². The summed E-state index contributed by atoms with van der Waals surface area (Å²) in [6.07, 6.45) is 1.01. The third-order valence-electron chi connectivity index (χ3n) is 3.81. The Morgan fingerprint density at radius 1 is 0.920 bits per heavy atom. The molecule has 2 N–H and O–H groups in total. The Bertz CT molecular complexity index is 844. The minimum Gasteiger partial charge on any atom is -0.457 e. The lowest BCUT2D eigenvalue weighted by Crippen LogP contribution is -2.28. The quantitative estimate of drug-likeness (QED) is 0.622. The molecule has 0 saturated heterocycles. The van der Waals surface area contributed by atoms with Crippen LogP contribution in [0.15, 0.2) is 66.7 Å². The summed E-state index contributed by atoms with van der Waals surface area (Å²) in [5, 5.41) is 8.26. The lowest BCUT2D eigenvalue weighted by molar-refractivity contribution is -0.115. The van der Waals surface area contributed by atoms with Gasteiger partial charge in [0.25, 0.3) is 0 Å². The van der Waals surface area contributed by atoms with Gasteiger partial charge in [-0.1, -0.05) is 37.3 Å². The van der Waals surface area contributed by atoms with Crippen molar-refractivity contribution < 1.29 is 9.53 Å². The van der Waals surface area contributed by atoms with Crippen molar-refractivity contribution in [1.29, 1.82) is 0 Å². The summed E-state index contributed by atoms with van der Waals surface area (Å²) < 4.78 is 5.90. The molecule has 0 aliphatic carbocycles. The molecule has 4 nitrogen and oxygen atoms in total. The van der Waals surface area contributed by atoms with Crippen LogP contribution in [0.4, 0.5) is 5.69 Å². The first-order chi connectivity index (χ1) is 12.2. The van der Waals surface area contributed by atoms with Crippen molar-refractivity contribution >= 4 is 22.4 Å². The second kappa shape index (κ2) is 8.31. The fourth-order valence-corrected chi connectivity index (χ4v) is 2.56. The zero-order chi connectivity index (χ0) is 17.5. The Balaban J connectivity index is 1.60. The van der Waals surface area contributed by atoms with Gasteiger partial charge in [0.1, 0.15) is 11.5 Å². The van der Waals surface area contributed by atoms with Crippen molar-refractivity contribution in [2.45, 2.75) is 13.3 Å². The van der Waals surface area contributed by atoms with Crippen LogP contribution in [0.25, 0.3) is 10.8 Å². The van der Waals surface area contributed by atoms with Crippen LogP contribution in [0.3, 0.4) is 0 Å². The Morgan fingerprint density at radius 2 is 1.64 bits per heavy atom. The maximum Gasteiger partial charge on any atom is 0.238 e. The molecule has 3 aromatic rings. The number of benzene rings is 3. The van der Waals surface area contributed by atoms with Crippen LogP contribution < -0.4 is 15.4 Å². The maximum atomic E-state index is 11.8. The summed E-state index contributed by atoms with van der Waals surface area (Å²) >= 11 is 0. The molecule has 0 heterocycles. The molecule has 0 bridgehead atoms. The Labute approximate surface area is 147 Å². The normalized spacial score (nSPS) is 10.6. The van der Waals surface area contributed by atoms with Gasteiger partial charge in [0.15, 0.2) is 0 Å². The van der Waals surface area contributed by atoms with Crippen LogP contribution in [0, 0.1) is 0 Å². The number of hydrogen-bond acceptors (Lipinski definition) is 3. The van der Waals surface area contributed by atoms with Crippen molar-refractivity contribution in [3.8, 4) is 11.5 Å². The highest BCUT2D eigenvalue weighted by Gasteiger charge is 2.03. The Kier molecular flexibility index (Phi) is 5.65. The van der Waals surface area contributed by atoms with E-state index in [4.69, 9.17) is 4.74 Å². The molecule has 0 atom stereocenters. The molecule has 4 heteroatoms. The van der Waals surface area contributed by atoms with E-state index in [0.29, 0.717) is 6.54 Å². The monoisotopic (exact) mass is 334 g/mol. The largest absolute Gasteiger partial charge is 0.457 e. The van der Waals surface area contributed by atoms with E-state index >= 15 is 0 Å². The van der Waals surface area contributed by atoms with E-state index in [2.05, 4.69) is 29.7 Å². The molecule has 3 rings (SSSR count). The van der Waals surface area contributed by atoms with Gasteiger partial charge in [-0.2, -0.15) is 0 Å². The first-order valence-electron chi connectivity index (χ1n) is 8.52. The Hall–Kier alpha value is -2.85. The highest BCUT2D eigenvalue weighted by molar-refractivity contribution is 5.92. The summed E-state index contributed by atoms with van der Waals surface area (Å²) in [7, 11) is 0. The van der Waals surface area contributed by atoms with E-state index in [1.165, 1.54) is 5.39 Å². The predicted octanol–water partition coefficient (Wildman–Crippen LogP) is 4.57. The summed E-state index contributed by atoms with van der Waals surface area (Å²) in [5.74, 6) is 1.48. The van der Waals surface area contributed by atoms with E-state index in [1.54, 1.807) is 0 Å². The number of hydrogen-bond donors (Lipinski definition) is 2. The molecule has 0 saturated carbocycles. The zero-order valence-corrected chi connectivity index (χ0v) is 14.3. The molecule has 3 aromatic carbocycles. The standard InChI is InChI=1S/C21H22N2O2/c1-2-13-22-15-21(24)23-18-8-11-19(12-9-18)25-20-10-7-16-5-3-4-6-17(16)14-20/h3-12,14,22H,2,13,15H2,1H3,(H,23,24). The number of anilines is 1. The first-order valence-corrected chi connectivity index (χ1v) is 8.52. The third kappa shape index (κ3) is 4.81. The summed E-state index contributed by atoms with van der Waals surface area (Å²) in [5.41, 5.74) is 0.758. The summed E-state index contributed by atoms with van der Waals surface area (Å²) in [6.45, 7) is 3.23. The fourth-order valence-electron chi connectivity index (χ4n) is 2.56. The van der Waals surface area contributed by atoms with Gasteiger partial charge in [-0.15, -0.1) is 0 Å². The van der Waals surface area contributed by atoms with Crippen molar-refractivity contribution in [2.24, 2.45) is 0 Å². The number of nitrogens with one attached hydrogen (secondary N) is 2.